The first-order valence-corrected chi connectivity index (χ1v) is 6.90. The van der Waals surface area contributed by atoms with E-state index in [2.05, 4.69) is 34.8 Å². The maximum atomic E-state index is 5.90. The first-order chi connectivity index (χ1) is 9.11. The van der Waals surface area contributed by atoms with Crippen molar-refractivity contribution in [2.75, 3.05) is 39.0 Å². The van der Waals surface area contributed by atoms with Crippen molar-refractivity contribution < 1.29 is 0 Å². The van der Waals surface area contributed by atoms with E-state index in [1.165, 1.54) is 22.2 Å². The van der Waals surface area contributed by atoms with Crippen LogP contribution in [0.4, 0.5) is 5.69 Å². The fourth-order valence-electron chi connectivity index (χ4n) is 2.84. The second kappa shape index (κ2) is 4.87. The summed E-state index contributed by atoms with van der Waals surface area (Å²) < 4.78 is 0. The monoisotopic (exact) mass is 258 g/mol. The van der Waals surface area contributed by atoms with Crippen molar-refractivity contribution in [1.29, 1.82) is 0 Å². The maximum absolute atomic E-state index is 5.90. The molecule has 1 fully saturated rings. The van der Waals surface area contributed by atoms with Crippen molar-refractivity contribution in [3.05, 3.63) is 29.5 Å². The number of aromatic nitrogens is 1. The molecule has 0 spiro atoms. The second-order valence-corrected chi connectivity index (χ2v) is 5.68. The molecule has 102 valence electrons. The molecule has 1 aromatic heterocycles. The zero-order valence-electron chi connectivity index (χ0n) is 11.7. The standard InChI is InChI=1S/C15H22N4/c1-11-7-13(16)8-12-9-14(17-15(11)12)10-19-5-3-18(2)4-6-19/h7-9,17H,3-6,10,16H2,1-2H3. The van der Waals surface area contributed by atoms with Gasteiger partial charge in [-0.2, -0.15) is 0 Å². The first kappa shape index (κ1) is 12.5. The Hall–Kier alpha value is -1.52. The van der Waals surface area contributed by atoms with Gasteiger partial charge in [-0.1, -0.05) is 0 Å². The van der Waals surface area contributed by atoms with Crippen LogP contribution in [0.3, 0.4) is 0 Å². The zero-order chi connectivity index (χ0) is 13.4. The molecule has 1 saturated heterocycles. The summed E-state index contributed by atoms with van der Waals surface area (Å²) in [6.07, 6.45) is 0. The van der Waals surface area contributed by atoms with Gasteiger partial charge in [0.05, 0.1) is 0 Å². The predicted molar refractivity (Wildman–Crippen MR) is 80.2 cm³/mol. The van der Waals surface area contributed by atoms with Crippen LogP contribution in [0.5, 0.6) is 0 Å². The van der Waals surface area contributed by atoms with Crippen LogP contribution in [0.15, 0.2) is 18.2 Å². The topological polar surface area (TPSA) is 48.3 Å². The maximum Gasteiger partial charge on any atom is 0.0487 e. The third kappa shape index (κ3) is 2.60. The van der Waals surface area contributed by atoms with Crippen molar-refractivity contribution in [3.63, 3.8) is 0 Å². The molecule has 2 heterocycles. The van der Waals surface area contributed by atoms with Gasteiger partial charge in [0.25, 0.3) is 0 Å². The van der Waals surface area contributed by atoms with Crippen LogP contribution in [-0.2, 0) is 6.54 Å². The van der Waals surface area contributed by atoms with E-state index in [4.69, 9.17) is 5.73 Å². The average molecular weight is 258 g/mol. The highest BCUT2D eigenvalue weighted by Gasteiger charge is 2.15. The number of hydrogen-bond donors (Lipinski definition) is 2. The Labute approximate surface area is 114 Å². The van der Waals surface area contributed by atoms with E-state index < -0.39 is 0 Å². The van der Waals surface area contributed by atoms with Crippen LogP contribution in [0.25, 0.3) is 10.9 Å². The molecule has 0 bridgehead atoms. The number of nitrogens with two attached hydrogens (primary N) is 1. The molecule has 2 aromatic rings. The molecule has 0 atom stereocenters. The Morgan fingerprint density at radius 3 is 2.63 bits per heavy atom. The minimum Gasteiger partial charge on any atom is -0.399 e. The number of anilines is 1. The van der Waals surface area contributed by atoms with Gasteiger partial charge < -0.3 is 15.6 Å². The Morgan fingerprint density at radius 1 is 1.16 bits per heavy atom. The third-order valence-electron chi connectivity index (χ3n) is 3.99. The number of aromatic amines is 1. The van der Waals surface area contributed by atoms with Crippen LogP contribution in [0.2, 0.25) is 0 Å². The number of nitrogen functional groups attached to an aromatic ring is 1. The number of aryl methyl sites for hydroxylation is 1. The van der Waals surface area contributed by atoms with Gasteiger partial charge in [-0.15, -0.1) is 0 Å². The number of benzene rings is 1. The molecule has 0 unspecified atom stereocenters. The Balaban J connectivity index is 1.80. The second-order valence-electron chi connectivity index (χ2n) is 5.68. The number of nitrogens with zero attached hydrogens (tertiary/aromatic N) is 2. The van der Waals surface area contributed by atoms with E-state index in [-0.39, 0.29) is 0 Å². The summed E-state index contributed by atoms with van der Waals surface area (Å²) in [7, 11) is 2.19. The van der Waals surface area contributed by atoms with E-state index in [0.717, 1.165) is 38.4 Å². The molecular weight excluding hydrogens is 236 g/mol. The highest BCUT2D eigenvalue weighted by molar-refractivity contribution is 5.86. The summed E-state index contributed by atoms with van der Waals surface area (Å²) in [4.78, 5) is 8.42. The minimum atomic E-state index is 0.843. The number of hydrogen-bond acceptors (Lipinski definition) is 3. The normalized spacial score (nSPS) is 18.2. The highest BCUT2D eigenvalue weighted by atomic mass is 15.2. The van der Waals surface area contributed by atoms with E-state index in [1.807, 2.05) is 12.1 Å². The van der Waals surface area contributed by atoms with E-state index in [9.17, 15) is 0 Å². The summed E-state index contributed by atoms with van der Waals surface area (Å²) in [6, 6.07) is 6.31. The predicted octanol–water partition coefficient (Wildman–Crippen LogP) is 1.81. The SMILES string of the molecule is Cc1cc(N)cc2cc(CN3CCN(C)CC3)[nH]c12. The third-order valence-corrected chi connectivity index (χ3v) is 3.99. The number of likely N-dealkylation sites (N-methyl/N-ethyl adjacent to an activating group) is 1. The number of fused-ring (bicyclic) bond motifs is 1. The number of rotatable bonds is 2. The fraction of sp³-hybridized carbons (Fsp3) is 0.467. The van der Waals surface area contributed by atoms with E-state index in [1.54, 1.807) is 0 Å². The van der Waals surface area contributed by atoms with Crippen LogP contribution < -0.4 is 5.73 Å². The molecule has 0 radical (unpaired) electrons. The lowest BCUT2D eigenvalue weighted by molar-refractivity contribution is 0.147. The molecule has 0 aliphatic carbocycles. The van der Waals surface area contributed by atoms with Crippen LogP contribution >= 0.6 is 0 Å². The molecule has 1 aliphatic heterocycles. The first-order valence-electron chi connectivity index (χ1n) is 6.90. The quantitative estimate of drug-likeness (QED) is 0.808. The van der Waals surface area contributed by atoms with Gasteiger partial charge in [-0.05, 0) is 37.7 Å². The Morgan fingerprint density at radius 2 is 1.89 bits per heavy atom. The molecule has 1 aromatic carbocycles. The van der Waals surface area contributed by atoms with Crippen molar-refractivity contribution in [3.8, 4) is 0 Å². The number of piperazine rings is 1. The summed E-state index contributed by atoms with van der Waals surface area (Å²) in [5, 5.41) is 1.22. The Kier molecular flexibility index (Phi) is 3.21. The smallest absolute Gasteiger partial charge is 0.0487 e. The van der Waals surface area contributed by atoms with Gasteiger partial charge in [-0.25, -0.2) is 0 Å². The van der Waals surface area contributed by atoms with Crippen molar-refractivity contribution in [2.24, 2.45) is 0 Å². The lowest BCUT2D eigenvalue weighted by Crippen LogP contribution is -2.43. The summed E-state index contributed by atoms with van der Waals surface area (Å²) in [5.74, 6) is 0. The highest BCUT2D eigenvalue weighted by Crippen LogP contribution is 2.23. The summed E-state index contributed by atoms with van der Waals surface area (Å²) in [6.45, 7) is 7.72. The lowest BCUT2D eigenvalue weighted by atomic mass is 10.1. The van der Waals surface area contributed by atoms with Gasteiger partial charge in [0.1, 0.15) is 0 Å². The molecule has 19 heavy (non-hydrogen) atoms. The van der Waals surface area contributed by atoms with Gasteiger partial charge >= 0.3 is 0 Å². The number of H-pyrrole nitrogens is 1. The molecule has 0 saturated carbocycles. The van der Waals surface area contributed by atoms with Gasteiger partial charge in [-0.3, -0.25) is 4.90 Å². The van der Waals surface area contributed by atoms with Crippen molar-refractivity contribution >= 4 is 16.6 Å². The summed E-state index contributed by atoms with van der Waals surface area (Å²) >= 11 is 0. The van der Waals surface area contributed by atoms with Gasteiger partial charge in [0.2, 0.25) is 0 Å². The Bertz CT molecular complexity index is 579. The zero-order valence-corrected chi connectivity index (χ0v) is 11.7. The number of nitrogens with one attached hydrogen (secondary N) is 1. The average Bonchev–Trinajstić information content (AvgIpc) is 2.75. The molecular formula is C15H22N4. The van der Waals surface area contributed by atoms with E-state index in [0.29, 0.717) is 0 Å². The summed E-state index contributed by atoms with van der Waals surface area (Å²) in [5.41, 5.74) is 10.5. The van der Waals surface area contributed by atoms with Gasteiger partial charge in [0.15, 0.2) is 0 Å². The fourth-order valence-corrected chi connectivity index (χ4v) is 2.84. The van der Waals surface area contributed by atoms with Crippen LogP contribution in [0.1, 0.15) is 11.3 Å². The van der Waals surface area contributed by atoms with Crippen LogP contribution in [0, 0.1) is 6.92 Å². The largest absolute Gasteiger partial charge is 0.399 e. The molecule has 1 aliphatic rings. The molecule has 3 rings (SSSR count). The van der Waals surface area contributed by atoms with Crippen molar-refractivity contribution in [2.45, 2.75) is 13.5 Å². The molecule has 3 N–H and O–H groups in total. The van der Waals surface area contributed by atoms with Gasteiger partial charge in [0, 0.05) is 55.0 Å². The van der Waals surface area contributed by atoms with E-state index >= 15 is 0 Å². The van der Waals surface area contributed by atoms with Crippen molar-refractivity contribution in [1.82, 2.24) is 14.8 Å². The molecule has 4 nitrogen and oxygen atoms in total. The minimum absolute atomic E-state index is 0.843. The van der Waals surface area contributed by atoms with Crippen LogP contribution in [-0.4, -0.2) is 48.0 Å². The lowest BCUT2D eigenvalue weighted by Gasteiger charge is -2.31. The molecule has 0 amide bonds. The molecule has 4 heteroatoms.